The van der Waals surface area contributed by atoms with Crippen LogP contribution in [0.15, 0.2) is 12.7 Å². The van der Waals surface area contributed by atoms with Crippen molar-refractivity contribution in [2.75, 3.05) is 6.61 Å². The van der Waals surface area contributed by atoms with Gasteiger partial charge in [0.1, 0.15) is 11.6 Å². The summed E-state index contributed by atoms with van der Waals surface area (Å²) >= 11 is 0. The first-order chi connectivity index (χ1) is 11.1. The van der Waals surface area contributed by atoms with Gasteiger partial charge in [0.2, 0.25) is 5.91 Å². The fraction of sp³-hybridized carbons (Fsp3) is 0.722. The number of ether oxygens (including phenoxy) is 2. The molecule has 1 atom stereocenters. The van der Waals surface area contributed by atoms with E-state index in [2.05, 4.69) is 6.58 Å². The Bertz CT molecular complexity index is 439. The minimum atomic E-state index is -0.957. The van der Waals surface area contributed by atoms with Crippen LogP contribution in [0.2, 0.25) is 0 Å². The number of esters is 1. The standard InChI is InChI=1S/C18H31NO5/c1-7-9-10-11-12-13-15(16(21)23-8-2)19(14(3)20)17(22)24-18(4,5)6/h7,15H,1,8-13H2,2-6H3. The minimum absolute atomic E-state index is 0.186. The Balaban J connectivity index is 5.13. The number of amides is 2. The SMILES string of the molecule is C=CCCCCCC(C(=O)OCC)N(C(C)=O)C(=O)OC(C)(C)C. The third-order valence-corrected chi connectivity index (χ3v) is 3.19. The van der Waals surface area contributed by atoms with Crippen LogP contribution in [-0.4, -0.2) is 41.1 Å². The quantitative estimate of drug-likeness (QED) is 0.362. The summed E-state index contributed by atoms with van der Waals surface area (Å²) in [6.45, 7) is 11.9. The first-order valence-electron chi connectivity index (χ1n) is 8.44. The number of hydrogen-bond acceptors (Lipinski definition) is 5. The first-order valence-corrected chi connectivity index (χ1v) is 8.44. The maximum Gasteiger partial charge on any atom is 0.417 e. The van der Waals surface area contributed by atoms with E-state index in [9.17, 15) is 14.4 Å². The Kier molecular flexibility index (Phi) is 10.0. The maximum atomic E-state index is 12.3. The molecule has 1 unspecified atom stereocenters. The van der Waals surface area contributed by atoms with Gasteiger partial charge in [-0.3, -0.25) is 4.79 Å². The van der Waals surface area contributed by atoms with Crippen LogP contribution in [0.3, 0.4) is 0 Å². The van der Waals surface area contributed by atoms with Crippen molar-refractivity contribution in [1.29, 1.82) is 0 Å². The van der Waals surface area contributed by atoms with Gasteiger partial charge in [-0.1, -0.05) is 18.9 Å². The molecule has 0 aromatic heterocycles. The summed E-state index contributed by atoms with van der Waals surface area (Å²) in [5, 5.41) is 0. The molecule has 0 N–H and O–H groups in total. The Morgan fingerprint density at radius 2 is 1.79 bits per heavy atom. The molecule has 0 saturated carbocycles. The molecule has 6 heteroatoms. The van der Waals surface area contributed by atoms with Gasteiger partial charge < -0.3 is 9.47 Å². The highest BCUT2D eigenvalue weighted by atomic mass is 16.6. The summed E-state index contributed by atoms with van der Waals surface area (Å²) < 4.78 is 10.3. The second-order valence-corrected chi connectivity index (χ2v) is 6.56. The van der Waals surface area contributed by atoms with E-state index < -0.39 is 29.6 Å². The van der Waals surface area contributed by atoms with Gasteiger partial charge >= 0.3 is 12.1 Å². The van der Waals surface area contributed by atoms with E-state index >= 15 is 0 Å². The third kappa shape index (κ3) is 8.70. The van der Waals surface area contributed by atoms with E-state index in [1.54, 1.807) is 27.7 Å². The Morgan fingerprint density at radius 1 is 1.17 bits per heavy atom. The Hall–Kier alpha value is -1.85. The molecule has 0 aromatic rings. The van der Waals surface area contributed by atoms with Gasteiger partial charge in [0, 0.05) is 6.92 Å². The van der Waals surface area contributed by atoms with Crippen LogP contribution in [0.5, 0.6) is 0 Å². The smallest absolute Gasteiger partial charge is 0.417 e. The van der Waals surface area contributed by atoms with E-state index in [4.69, 9.17) is 9.47 Å². The van der Waals surface area contributed by atoms with Crippen molar-refractivity contribution < 1.29 is 23.9 Å². The molecule has 2 amide bonds. The van der Waals surface area contributed by atoms with Crippen molar-refractivity contribution in [3.63, 3.8) is 0 Å². The average molecular weight is 341 g/mol. The number of carbonyl (C=O) groups is 3. The zero-order valence-electron chi connectivity index (χ0n) is 15.6. The van der Waals surface area contributed by atoms with Crippen molar-refractivity contribution in [2.45, 2.75) is 78.4 Å². The van der Waals surface area contributed by atoms with E-state index in [0.717, 1.165) is 24.2 Å². The van der Waals surface area contributed by atoms with E-state index in [1.165, 1.54) is 6.92 Å². The molecule has 0 bridgehead atoms. The van der Waals surface area contributed by atoms with Crippen molar-refractivity contribution in [2.24, 2.45) is 0 Å². The topological polar surface area (TPSA) is 72.9 Å². The van der Waals surface area contributed by atoms with Crippen LogP contribution in [0.1, 0.15) is 66.7 Å². The molecule has 0 aliphatic heterocycles. The molecule has 0 heterocycles. The molecular formula is C18H31NO5. The van der Waals surface area contributed by atoms with Crippen LogP contribution in [0.25, 0.3) is 0 Å². The predicted octanol–water partition coefficient (Wildman–Crippen LogP) is 3.84. The number of carbonyl (C=O) groups excluding carboxylic acids is 3. The highest BCUT2D eigenvalue weighted by Gasteiger charge is 2.36. The van der Waals surface area contributed by atoms with Crippen molar-refractivity contribution in [3.05, 3.63) is 12.7 Å². The normalized spacial score (nSPS) is 12.2. The van der Waals surface area contributed by atoms with Crippen molar-refractivity contribution in [1.82, 2.24) is 4.90 Å². The summed E-state index contributed by atoms with van der Waals surface area (Å²) in [5.41, 5.74) is -0.756. The van der Waals surface area contributed by atoms with E-state index in [-0.39, 0.29) is 6.61 Å². The molecule has 138 valence electrons. The number of imide groups is 1. The van der Waals surface area contributed by atoms with E-state index in [0.29, 0.717) is 12.8 Å². The van der Waals surface area contributed by atoms with Gasteiger partial charge in [-0.15, -0.1) is 6.58 Å². The maximum absolute atomic E-state index is 12.3. The molecule has 0 aromatic carbocycles. The fourth-order valence-corrected chi connectivity index (χ4v) is 2.18. The number of allylic oxidation sites excluding steroid dienone is 1. The summed E-state index contributed by atoms with van der Waals surface area (Å²) in [5.74, 6) is -1.12. The molecule has 0 fully saturated rings. The van der Waals surface area contributed by atoms with Gasteiger partial charge in [-0.05, 0) is 47.0 Å². The highest BCUT2D eigenvalue weighted by molar-refractivity contribution is 5.95. The van der Waals surface area contributed by atoms with Gasteiger partial charge in [-0.2, -0.15) is 0 Å². The summed E-state index contributed by atoms with van der Waals surface area (Å²) in [4.78, 5) is 37.4. The molecule has 0 aliphatic carbocycles. The first kappa shape index (κ1) is 22.1. The largest absolute Gasteiger partial charge is 0.464 e. The van der Waals surface area contributed by atoms with Crippen LogP contribution in [0, 0.1) is 0 Å². The van der Waals surface area contributed by atoms with Crippen molar-refractivity contribution >= 4 is 18.0 Å². The zero-order valence-corrected chi connectivity index (χ0v) is 15.6. The lowest BCUT2D eigenvalue weighted by atomic mass is 10.1. The molecule has 0 radical (unpaired) electrons. The monoisotopic (exact) mass is 341 g/mol. The molecule has 24 heavy (non-hydrogen) atoms. The number of hydrogen-bond donors (Lipinski definition) is 0. The minimum Gasteiger partial charge on any atom is -0.464 e. The van der Waals surface area contributed by atoms with Crippen LogP contribution in [-0.2, 0) is 19.1 Å². The van der Waals surface area contributed by atoms with Gasteiger partial charge in [0.15, 0.2) is 0 Å². The summed E-state index contributed by atoms with van der Waals surface area (Å²) in [6, 6.07) is -0.957. The van der Waals surface area contributed by atoms with Crippen LogP contribution < -0.4 is 0 Å². The predicted molar refractivity (Wildman–Crippen MR) is 92.5 cm³/mol. The molecule has 0 rings (SSSR count). The molecule has 0 saturated heterocycles. The van der Waals surface area contributed by atoms with Gasteiger partial charge in [-0.25, -0.2) is 14.5 Å². The van der Waals surface area contributed by atoms with Crippen molar-refractivity contribution in [3.8, 4) is 0 Å². The number of rotatable bonds is 9. The molecule has 0 aliphatic rings. The molecular weight excluding hydrogens is 310 g/mol. The Morgan fingerprint density at radius 3 is 2.25 bits per heavy atom. The average Bonchev–Trinajstić information content (AvgIpc) is 2.43. The van der Waals surface area contributed by atoms with Crippen LogP contribution >= 0.6 is 0 Å². The number of nitrogens with zero attached hydrogens (tertiary/aromatic N) is 1. The Labute approximate surface area is 145 Å². The highest BCUT2D eigenvalue weighted by Crippen LogP contribution is 2.18. The second kappa shape index (κ2) is 10.8. The lowest BCUT2D eigenvalue weighted by Crippen LogP contribution is -2.50. The van der Waals surface area contributed by atoms with E-state index in [1.807, 2.05) is 6.08 Å². The lowest BCUT2D eigenvalue weighted by molar-refractivity contribution is -0.154. The van der Waals surface area contributed by atoms with Gasteiger partial charge in [0.25, 0.3) is 0 Å². The zero-order chi connectivity index (χ0) is 18.8. The molecule has 6 nitrogen and oxygen atoms in total. The second-order valence-electron chi connectivity index (χ2n) is 6.56. The van der Waals surface area contributed by atoms with Gasteiger partial charge in [0.05, 0.1) is 6.61 Å². The summed E-state index contributed by atoms with van der Waals surface area (Å²) in [7, 11) is 0. The van der Waals surface area contributed by atoms with Crippen LogP contribution in [0.4, 0.5) is 4.79 Å². The molecule has 0 spiro atoms. The summed E-state index contributed by atoms with van der Waals surface area (Å²) in [6.07, 6.45) is 4.80. The lowest BCUT2D eigenvalue weighted by Gasteiger charge is -2.30. The fourth-order valence-electron chi connectivity index (χ4n) is 2.18. The third-order valence-electron chi connectivity index (χ3n) is 3.19. The number of unbranched alkanes of at least 4 members (excludes halogenated alkanes) is 3.